The van der Waals surface area contributed by atoms with Crippen LogP contribution in [0.5, 0.6) is 0 Å². The molecule has 476 valence electrons. The van der Waals surface area contributed by atoms with E-state index in [1.807, 2.05) is 0 Å². The Bertz CT molecular complexity index is 1350. The Labute approximate surface area is 506 Å². The summed E-state index contributed by atoms with van der Waals surface area (Å²) in [5.74, 6) is -0.851. The van der Waals surface area contributed by atoms with Crippen molar-refractivity contribution in [2.75, 3.05) is 13.2 Å². The van der Waals surface area contributed by atoms with Crippen LogP contribution < -0.4 is 0 Å². The lowest BCUT2D eigenvalue weighted by Gasteiger charge is -2.18. The van der Waals surface area contributed by atoms with E-state index in [9.17, 15) is 14.4 Å². The van der Waals surface area contributed by atoms with E-state index in [4.69, 9.17) is 14.2 Å². The van der Waals surface area contributed by atoms with Crippen LogP contribution in [-0.4, -0.2) is 37.2 Å². The van der Waals surface area contributed by atoms with Gasteiger partial charge in [-0.1, -0.05) is 327 Å². The Balaban J connectivity index is 4.27. The molecule has 0 saturated heterocycles. The summed E-state index contributed by atoms with van der Waals surface area (Å²) in [6.45, 7) is 6.70. The lowest BCUT2D eigenvalue weighted by Crippen LogP contribution is -2.30. The molecule has 1 atom stereocenters. The number of unbranched alkanes of at least 4 members (excludes halogenated alkanes) is 51. The van der Waals surface area contributed by atoms with Crippen molar-refractivity contribution in [2.45, 2.75) is 412 Å². The predicted octanol–water partition coefficient (Wildman–Crippen LogP) is 25.1. The van der Waals surface area contributed by atoms with Crippen molar-refractivity contribution in [1.82, 2.24) is 0 Å². The van der Waals surface area contributed by atoms with E-state index in [2.05, 4.69) is 57.2 Å². The van der Waals surface area contributed by atoms with Gasteiger partial charge in [0.1, 0.15) is 13.2 Å². The van der Waals surface area contributed by atoms with Gasteiger partial charge in [-0.15, -0.1) is 0 Å². The molecule has 6 heteroatoms. The SMILES string of the molecule is CCCCCCCC/C=C\CCCCCCCC(=O)OCC(COC(=O)CCCCCCCCCCCCCCC/C=C\CCCCCCCCCC)OC(=O)CCCCCCCCCCCCC/C=C\CCCCCCCCCC. The molecule has 0 aliphatic rings. The van der Waals surface area contributed by atoms with Crippen LogP contribution in [0.3, 0.4) is 0 Å². The maximum absolute atomic E-state index is 13.0. The van der Waals surface area contributed by atoms with Crippen molar-refractivity contribution < 1.29 is 28.6 Å². The highest BCUT2D eigenvalue weighted by Crippen LogP contribution is 2.18. The van der Waals surface area contributed by atoms with E-state index in [0.29, 0.717) is 19.3 Å². The second-order valence-electron chi connectivity index (χ2n) is 24.8. The lowest BCUT2D eigenvalue weighted by molar-refractivity contribution is -0.167. The number of hydrogen-bond donors (Lipinski definition) is 0. The molecule has 0 amide bonds. The fraction of sp³-hybridized carbons (Fsp3) is 0.880. The van der Waals surface area contributed by atoms with E-state index in [0.717, 1.165) is 64.2 Å². The van der Waals surface area contributed by atoms with E-state index >= 15 is 0 Å². The second kappa shape index (κ2) is 70.1. The standard InChI is InChI=1S/C75H140O6/c1-4-7-10-13-16-19-22-25-28-30-32-34-36-37-39-40-42-44-47-50-53-56-59-62-65-68-74(77)80-71-72(70-79-73(76)67-64-61-58-55-52-49-46-27-24-21-18-15-12-9-6-3)81-75(78)69-66-63-60-57-54-51-48-45-43-41-38-35-33-31-29-26-23-20-17-14-11-8-5-2/h27,30-33,46,72H,4-26,28-29,34-45,47-71H2,1-3H3/b32-30-,33-31-,46-27-. The molecule has 0 aliphatic carbocycles. The summed E-state index contributed by atoms with van der Waals surface area (Å²) in [4.78, 5) is 38.5. The van der Waals surface area contributed by atoms with Gasteiger partial charge in [-0.25, -0.2) is 0 Å². The van der Waals surface area contributed by atoms with Gasteiger partial charge in [-0.2, -0.15) is 0 Å². The molecule has 0 heterocycles. The topological polar surface area (TPSA) is 78.9 Å². The summed E-state index contributed by atoms with van der Waals surface area (Å²) in [6.07, 6.45) is 87.5. The van der Waals surface area contributed by atoms with Crippen molar-refractivity contribution in [1.29, 1.82) is 0 Å². The van der Waals surface area contributed by atoms with E-state index < -0.39 is 6.10 Å². The Morgan fingerprint density at radius 1 is 0.235 bits per heavy atom. The van der Waals surface area contributed by atoms with Crippen LogP contribution in [0, 0.1) is 0 Å². The number of ether oxygens (including phenoxy) is 3. The third-order valence-electron chi connectivity index (χ3n) is 16.6. The predicted molar refractivity (Wildman–Crippen MR) is 353 cm³/mol. The number of esters is 3. The Hall–Kier alpha value is -2.37. The van der Waals surface area contributed by atoms with Crippen LogP contribution in [0.15, 0.2) is 36.5 Å². The van der Waals surface area contributed by atoms with Crippen molar-refractivity contribution in [3.05, 3.63) is 36.5 Å². The molecule has 81 heavy (non-hydrogen) atoms. The van der Waals surface area contributed by atoms with Crippen molar-refractivity contribution in [3.8, 4) is 0 Å². The molecule has 0 saturated carbocycles. The summed E-state index contributed by atoms with van der Waals surface area (Å²) in [7, 11) is 0. The third-order valence-corrected chi connectivity index (χ3v) is 16.6. The van der Waals surface area contributed by atoms with Crippen molar-refractivity contribution in [3.63, 3.8) is 0 Å². The van der Waals surface area contributed by atoms with Gasteiger partial charge in [0.25, 0.3) is 0 Å². The van der Waals surface area contributed by atoms with Gasteiger partial charge in [0, 0.05) is 19.3 Å². The highest BCUT2D eigenvalue weighted by molar-refractivity contribution is 5.71. The summed E-state index contributed by atoms with van der Waals surface area (Å²) in [6, 6.07) is 0. The van der Waals surface area contributed by atoms with Crippen LogP contribution >= 0.6 is 0 Å². The van der Waals surface area contributed by atoms with Gasteiger partial charge in [0.05, 0.1) is 0 Å². The second-order valence-corrected chi connectivity index (χ2v) is 24.8. The molecule has 0 bridgehead atoms. The highest BCUT2D eigenvalue weighted by Gasteiger charge is 2.19. The zero-order chi connectivity index (χ0) is 58.5. The molecule has 0 aromatic rings. The first kappa shape index (κ1) is 78.6. The van der Waals surface area contributed by atoms with Crippen molar-refractivity contribution >= 4 is 17.9 Å². The quantitative estimate of drug-likeness (QED) is 0.0261. The fourth-order valence-electron chi connectivity index (χ4n) is 11.1. The average molecular weight is 1140 g/mol. The number of rotatable bonds is 68. The molecule has 0 radical (unpaired) electrons. The number of allylic oxidation sites excluding steroid dienone is 6. The highest BCUT2D eigenvalue weighted by atomic mass is 16.6. The molecule has 0 aliphatic heterocycles. The minimum atomic E-state index is -0.776. The van der Waals surface area contributed by atoms with Gasteiger partial charge in [-0.3, -0.25) is 14.4 Å². The number of hydrogen-bond acceptors (Lipinski definition) is 6. The molecular formula is C75H140O6. The van der Waals surface area contributed by atoms with Gasteiger partial charge in [0.2, 0.25) is 0 Å². The minimum absolute atomic E-state index is 0.0709. The first-order valence-electron chi connectivity index (χ1n) is 36.5. The summed E-state index contributed by atoms with van der Waals surface area (Å²) < 4.78 is 17.0. The van der Waals surface area contributed by atoms with Crippen LogP contribution in [0.4, 0.5) is 0 Å². The summed E-state index contributed by atoms with van der Waals surface area (Å²) >= 11 is 0. The maximum atomic E-state index is 13.0. The molecule has 1 unspecified atom stereocenters. The van der Waals surface area contributed by atoms with Crippen molar-refractivity contribution in [2.24, 2.45) is 0 Å². The molecule has 0 aromatic heterocycles. The molecule has 0 N–H and O–H groups in total. The monoisotopic (exact) mass is 1140 g/mol. The maximum Gasteiger partial charge on any atom is 0.306 e. The Morgan fingerprint density at radius 3 is 0.617 bits per heavy atom. The normalized spacial score (nSPS) is 12.2. The first-order valence-corrected chi connectivity index (χ1v) is 36.5. The van der Waals surface area contributed by atoms with Gasteiger partial charge in [-0.05, 0) is 96.3 Å². The van der Waals surface area contributed by atoms with Gasteiger partial charge < -0.3 is 14.2 Å². The molecule has 0 aromatic carbocycles. The zero-order valence-corrected chi connectivity index (χ0v) is 54.8. The van der Waals surface area contributed by atoms with Crippen LogP contribution in [0.2, 0.25) is 0 Å². The fourth-order valence-corrected chi connectivity index (χ4v) is 11.1. The number of carbonyl (C=O) groups excluding carboxylic acids is 3. The first-order chi connectivity index (χ1) is 40.0. The van der Waals surface area contributed by atoms with Crippen LogP contribution in [0.1, 0.15) is 406 Å². The van der Waals surface area contributed by atoms with Crippen LogP contribution in [0.25, 0.3) is 0 Å². The van der Waals surface area contributed by atoms with E-state index in [1.165, 1.54) is 302 Å². The van der Waals surface area contributed by atoms with E-state index in [1.54, 1.807) is 0 Å². The molecule has 0 fully saturated rings. The Morgan fingerprint density at radius 2 is 0.407 bits per heavy atom. The van der Waals surface area contributed by atoms with Gasteiger partial charge in [0.15, 0.2) is 6.10 Å². The minimum Gasteiger partial charge on any atom is -0.462 e. The van der Waals surface area contributed by atoms with Crippen LogP contribution in [-0.2, 0) is 28.6 Å². The summed E-state index contributed by atoms with van der Waals surface area (Å²) in [5, 5.41) is 0. The zero-order valence-electron chi connectivity index (χ0n) is 54.8. The van der Waals surface area contributed by atoms with Gasteiger partial charge >= 0.3 is 17.9 Å². The van der Waals surface area contributed by atoms with E-state index in [-0.39, 0.29) is 31.1 Å². The largest absolute Gasteiger partial charge is 0.462 e. The molecular weight excluding hydrogens is 997 g/mol. The number of carbonyl (C=O) groups is 3. The lowest BCUT2D eigenvalue weighted by atomic mass is 10.0. The smallest absolute Gasteiger partial charge is 0.306 e. The molecule has 6 nitrogen and oxygen atoms in total. The molecule has 0 spiro atoms. The molecule has 0 rings (SSSR count). The average Bonchev–Trinajstić information content (AvgIpc) is 3.47. The Kier molecular flexibility index (Phi) is 68.1. The third kappa shape index (κ3) is 68.3. The summed E-state index contributed by atoms with van der Waals surface area (Å²) in [5.41, 5.74) is 0.